The van der Waals surface area contributed by atoms with Crippen molar-refractivity contribution >= 4 is 11.7 Å². The number of carbonyl (C=O) groups is 1. The lowest BCUT2D eigenvalue weighted by Gasteiger charge is -2.28. The van der Waals surface area contributed by atoms with Crippen molar-refractivity contribution in [3.8, 4) is 0 Å². The molecule has 4 heteroatoms. The third kappa shape index (κ3) is 5.43. The number of hydrogen-bond acceptors (Lipinski definition) is 3. The summed E-state index contributed by atoms with van der Waals surface area (Å²) in [6.07, 6.45) is 2.48. The maximum atomic E-state index is 12.4. The number of nitrogens with zero attached hydrogens (tertiary/aromatic N) is 2. The van der Waals surface area contributed by atoms with Gasteiger partial charge in [0.25, 0.3) is 5.91 Å². The van der Waals surface area contributed by atoms with Crippen molar-refractivity contribution < 1.29 is 4.79 Å². The Morgan fingerprint density at radius 1 is 0.929 bits per heavy atom. The highest BCUT2D eigenvalue weighted by atomic mass is 16.1. The molecule has 4 nitrogen and oxygen atoms in total. The molecule has 0 saturated carbocycles. The quantitative estimate of drug-likeness (QED) is 0.634. The second-order valence-electron chi connectivity index (χ2n) is 7.10. The van der Waals surface area contributed by atoms with Crippen LogP contribution in [0.3, 0.4) is 0 Å². The molecule has 0 fully saturated rings. The molecule has 0 aliphatic heterocycles. The van der Waals surface area contributed by atoms with E-state index >= 15 is 0 Å². The Morgan fingerprint density at radius 3 is 2.14 bits per heavy atom. The molecule has 1 heterocycles. The summed E-state index contributed by atoms with van der Waals surface area (Å²) in [7, 11) is 0. The van der Waals surface area contributed by atoms with Crippen LogP contribution in [0.2, 0.25) is 0 Å². The van der Waals surface area contributed by atoms with Crippen LogP contribution in [-0.2, 0) is 13.0 Å². The van der Waals surface area contributed by atoms with Crippen LogP contribution in [0.4, 0.5) is 5.82 Å². The van der Waals surface area contributed by atoms with Gasteiger partial charge in [-0.3, -0.25) is 4.79 Å². The molecule has 3 aromatic rings. The van der Waals surface area contributed by atoms with Crippen molar-refractivity contribution in [2.45, 2.75) is 32.9 Å². The normalized spacial score (nSPS) is 10.7. The molecule has 0 spiro atoms. The monoisotopic (exact) mass is 373 g/mol. The Kier molecular flexibility index (Phi) is 6.79. The molecule has 0 aliphatic carbocycles. The lowest BCUT2D eigenvalue weighted by molar-refractivity contribution is 0.0954. The fraction of sp³-hybridized carbons (Fsp3) is 0.250. The summed E-state index contributed by atoms with van der Waals surface area (Å²) in [5.74, 6) is 0.786. The molecule has 1 amide bonds. The number of anilines is 1. The molecule has 1 aromatic heterocycles. The van der Waals surface area contributed by atoms with Crippen molar-refractivity contribution in [1.82, 2.24) is 10.3 Å². The minimum atomic E-state index is -0.0888. The standard InChI is InChI=1S/C24H27N3O/c1-19(2)27(18-21-11-7-4-8-12-21)23-14-13-22(17-26-23)24(28)25-16-15-20-9-5-3-6-10-20/h3-14,17,19H,15-16,18H2,1-2H3,(H,25,28). The third-order valence-electron chi connectivity index (χ3n) is 4.67. The average molecular weight is 374 g/mol. The minimum Gasteiger partial charge on any atom is -0.352 e. The van der Waals surface area contributed by atoms with Crippen molar-refractivity contribution in [3.05, 3.63) is 95.7 Å². The van der Waals surface area contributed by atoms with Crippen LogP contribution in [0, 0.1) is 0 Å². The Morgan fingerprint density at radius 2 is 1.57 bits per heavy atom. The average Bonchev–Trinajstić information content (AvgIpc) is 2.73. The summed E-state index contributed by atoms with van der Waals surface area (Å²) in [6.45, 7) is 5.69. The van der Waals surface area contributed by atoms with Crippen molar-refractivity contribution in [3.63, 3.8) is 0 Å². The number of rotatable bonds is 8. The Balaban J connectivity index is 1.60. The van der Waals surface area contributed by atoms with Crippen LogP contribution in [0.5, 0.6) is 0 Å². The summed E-state index contributed by atoms with van der Waals surface area (Å²) in [6, 6.07) is 24.6. The number of amides is 1. The van der Waals surface area contributed by atoms with E-state index in [0.29, 0.717) is 18.2 Å². The zero-order chi connectivity index (χ0) is 19.8. The van der Waals surface area contributed by atoms with Crippen LogP contribution in [-0.4, -0.2) is 23.5 Å². The van der Waals surface area contributed by atoms with E-state index in [1.54, 1.807) is 6.20 Å². The predicted molar refractivity (Wildman–Crippen MR) is 114 cm³/mol. The first-order valence-corrected chi connectivity index (χ1v) is 9.72. The number of pyridine rings is 1. The van der Waals surface area contributed by atoms with Crippen molar-refractivity contribution in [2.24, 2.45) is 0 Å². The lowest BCUT2D eigenvalue weighted by atomic mass is 10.1. The smallest absolute Gasteiger partial charge is 0.252 e. The molecule has 144 valence electrons. The predicted octanol–water partition coefficient (Wildman–Crippen LogP) is 4.47. The molecule has 0 atom stereocenters. The fourth-order valence-electron chi connectivity index (χ4n) is 3.07. The lowest BCUT2D eigenvalue weighted by Crippen LogP contribution is -2.31. The number of nitrogens with one attached hydrogen (secondary N) is 1. The molecule has 0 saturated heterocycles. The zero-order valence-corrected chi connectivity index (χ0v) is 16.5. The van der Waals surface area contributed by atoms with Gasteiger partial charge in [0.2, 0.25) is 0 Å². The minimum absolute atomic E-state index is 0.0888. The van der Waals surface area contributed by atoms with Gasteiger partial charge < -0.3 is 10.2 Å². The number of benzene rings is 2. The Bertz CT molecular complexity index is 861. The fourth-order valence-corrected chi connectivity index (χ4v) is 3.07. The van der Waals surface area contributed by atoms with Crippen LogP contribution >= 0.6 is 0 Å². The van der Waals surface area contributed by atoms with E-state index in [1.165, 1.54) is 11.1 Å². The highest BCUT2D eigenvalue weighted by molar-refractivity contribution is 5.94. The van der Waals surface area contributed by atoms with Gasteiger partial charge >= 0.3 is 0 Å². The largest absolute Gasteiger partial charge is 0.352 e. The molecule has 1 N–H and O–H groups in total. The number of carbonyl (C=O) groups excluding carboxylic acids is 1. The van der Waals surface area contributed by atoms with Crippen LogP contribution in [0.25, 0.3) is 0 Å². The Hall–Kier alpha value is -3.14. The molecular formula is C24H27N3O. The van der Waals surface area contributed by atoms with Gasteiger partial charge in [-0.1, -0.05) is 60.7 Å². The number of aromatic nitrogens is 1. The summed E-state index contributed by atoms with van der Waals surface area (Å²) < 4.78 is 0. The second kappa shape index (κ2) is 9.70. The SMILES string of the molecule is CC(C)N(Cc1ccccc1)c1ccc(C(=O)NCCc2ccccc2)cn1. The van der Waals surface area contributed by atoms with Crippen LogP contribution < -0.4 is 10.2 Å². The van der Waals surface area contributed by atoms with Gasteiger partial charge in [-0.2, -0.15) is 0 Å². The second-order valence-corrected chi connectivity index (χ2v) is 7.10. The van der Waals surface area contributed by atoms with Gasteiger partial charge in [0.1, 0.15) is 5.82 Å². The van der Waals surface area contributed by atoms with Crippen molar-refractivity contribution in [1.29, 1.82) is 0 Å². The van der Waals surface area contributed by atoms with Gasteiger partial charge in [-0.05, 0) is 43.5 Å². The van der Waals surface area contributed by atoms with Crippen LogP contribution in [0.1, 0.15) is 35.3 Å². The molecule has 0 radical (unpaired) electrons. The van der Waals surface area contributed by atoms with Gasteiger partial charge in [0.05, 0.1) is 5.56 Å². The van der Waals surface area contributed by atoms with Gasteiger partial charge in [0.15, 0.2) is 0 Å². The van der Waals surface area contributed by atoms with E-state index in [-0.39, 0.29) is 5.91 Å². The van der Waals surface area contributed by atoms with E-state index in [2.05, 4.69) is 53.3 Å². The Labute approximate surface area is 167 Å². The van der Waals surface area contributed by atoms with Crippen LogP contribution in [0.15, 0.2) is 79.0 Å². The molecule has 28 heavy (non-hydrogen) atoms. The summed E-state index contributed by atoms with van der Waals surface area (Å²) >= 11 is 0. The van der Waals surface area contributed by atoms with Gasteiger partial charge in [-0.25, -0.2) is 4.98 Å². The number of hydrogen-bond donors (Lipinski definition) is 1. The zero-order valence-electron chi connectivity index (χ0n) is 16.5. The molecule has 0 unspecified atom stereocenters. The van der Waals surface area contributed by atoms with E-state index in [9.17, 15) is 4.79 Å². The van der Waals surface area contributed by atoms with Gasteiger partial charge in [-0.15, -0.1) is 0 Å². The maximum absolute atomic E-state index is 12.4. The highest BCUT2D eigenvalue weighted by Crippen LogP contribution is 2.18. The third-order valence-corrected chi connectivity index (χ3v) is 4.67. The van der Waals surface area contributed by atoms with E-state index in [0.717, 1.165) is 18.8 Å². The topological polar surface area (TPSA) is 45.2 Å². The summed E-state index contributed by atoms with van der Waals surface area (Å²) in [5.41, 5.74) is 3.03. The van der Waals surface area contributed by atoms with E-state index in [1.807, 2.05) is 48.5 Å². The van der Waals surface area contributed by atoms with E-state index in [4.69, 9.17) is 0 Å². The van der Waals surface area contributed by atoms with E-state index < -0.39 is 0 Å². The maximum Gasteiger partial charge on any atom is 0.252 e. The first kappa shape index (κ1) is 19.6. The summed E-state index contributed by atoms with van der Waals surface area (Å²) in [4.78, 5) is 19.2. The molecule has 3 rings (SSSR count). The van der Waals surface area contributed by atoms with Crippen molar-refractivity contribution in [2.75, 3.05) is 11.4 Å². The van der Waals surface area contributed by atoms with Gasteiger partial charge in [0, 0.05) is 25.3 Å². The molecular weight excluding hydrogens is 346 g/mol. The highest BCUT2D eigenvalue weighted by Gasteiger charge is 2.14. The summed E-state index contributed by atoms with van der Waals surface area (Å²) in [5, 5.41) is 2.97. The molecule has 0 aliphatic rings. The first-order chi connectivity index (χ1) is 13.6. The molecule has 0 bridgehead atoms. The first-order valence-electron chi connectivity index (χ1n) is 9.72. The molecule has 2 aromatic carbocycles.